The molecule has 0 aliphatic carbocycles. The molecule has 2 N–H and O–H groups in total. The average molecular weight is 246 g/mol. The Bertz CT molecular complexity index is 213. The first-order valence-electron chi connectivity index (χ1n) is 5.54. The Balaban J connectivity index is 1.66. The zero-order valence-electron chi connectivity index (χ0n) is 8.83. The van der Waals surface area contributed by atoms with Gasteiger partial charge in [-0.25, -0.2) is 0 Å². The molecule has 0 saturated carbocycles. The minimum atomic E-state index is 0.193. The van der Waals surface area contributed by atoms with Crippen molar-refractivity contribution < 1.29 is 4.79 Å². The third-order valence-corrected chi connectivity index (χ3v) is 5.59. The maximum atomic E-state index is 11.8. The van der Waals surface area contributed by atoms with E-state index in [2.05, 4.69) is 10.6 Å². The highest BCUT2D eigenvalue weighted by Crippen LogP contribution is 2.24. The van der Waals surface area contributed by atoms with Crippen LogP contribution in [0.1, 0.15) is 6.42 Å². The minimum absolute atomic E-state index is 0.193. The Morgan fingerprint density at radius 2 is 2.40 bits per heavy atom. The summed E-state index contributed by atoms with van der Waals surface area (Å²) in [6.07, 6.45) is 1.20. The number of carbonyl (C=O) groups is 1. The van der Waals surface area contributed by atoms with Crippen molar-refractivity contribution in [3.8, 4) is 0 Å². The first-order valence-corrected chi connectivity index (χ1v) is 7.74. The van der Waals surface area contributed by atoms with Crippen LogP contribution in [0, 0.1) is 5.92 Å². The molecule has 2 aliphatic rings. The van der Waals surface area contributed by atoms with Gasteiger partial charge in [-0.1, -0.05) is 0 Å². The van der Waals surface area contributed by atoms with Gasteiger partial charge in [0.25, 0.3) is 0 Å². The zero-order chi connectivity index (χ0) is 10.5. The van der Waals surface area contributed by atoms with E-state index in [1.807, 2.05) is 11.8 Å². The summed E-state index contributed by atoms with van der Waals surface area (Å²) in [5.41, 5.74) is 0. The lowest BCUT2D eigenvalue weighted by Gasteiger charge is -2.21. The number of thioether (sulfide) groups is 2. The summed E-state index contributed by atoms with van der Waals surface area (Å²) in [5.74, 6) is 4.20. The molecule has 2 heterocycles. The number of nitrogens with one attached hydrogen (secondary N) is 2. The molecule has 15 heavy (non-hydrogen) atoms. The molecule has 0 aromatic carbocycles. The monoisotopic (exact) mass is 246 g/mol. The Kier molecular flexibility index (Phi) is 4.65. The molecule has 86 valence electrons. The number of carbonyl (C=O) groups excluding carboxylic acids is 1. The van der Waals surface area contributed by atoms with Crippen LogP contribution in [-0.2, 0) is 4.79 Å². The standard InChI is InChI=1S/C10H18N2OS2/c13-10(9-7-14-3-4-15-9)12-6-8-1-2-11-5-8/h8-9,11H,1-7H2,(H,12,13). The van der Waals surface area contributed by atoms with E-state index in [9.17, 15) is 4.79 Å². The summed E-state index contributed by atoms with van der Waals surface area (Å²) < 4.78 is 0. The molecule has 2 saturated heterocycles. The van der Waals surface area contributed by atoms with Gasteiger partial charge in [-0.05, 0) is 25.4 Å². The third-order valence-electron chi connectivity index (χ3n) is 2.84. The fraction of sp³-hybridized carbons (Fsp3) is 0.900. The molecule has 0 spiro atoms. The van der Waals surface area contributed by atoms with Gasteiger partial charge in [0.15, 0.2) is 0 Å². The fourth-order valence-electron chi connectivity index (χ4n) is 1.89. The lowest BCUT2D eigenvalue weighted by molar-refractivity contribution is -0.120. The molecule has 0 bridgehead atoms. The average Bonchev–Trinajstić information content (AvgIpc) is 2.80. The van der Waals surface area contributed by atoms with Gasteiger partial charge in [0.1, 0.15) is 0 Å². The van der Waals surface area contributed by atoms with E-state index < -0.39 is 0 Å². The second-order valence-electron chi connectivity index (χ2n) is 4.04. The third kappa shape index (κ3) is 3.57. The second kappa shape index (κ2) is 6.01. The summed E-state index contributed by atoms with van der Waals surface area (Å²) in [6, 6.07) is 0. The van der Waals surface area contributed by atoms with E-state index in [4.69, 9.17) is 0 Å². The van der Waals surface area contributed by atoms with Gasteiger partial charge in [0.2, 0.25) is 5.91 Å². The normalized spacial score (nSPS) is 31.5. The van der Waals surface area contributed by atoms with Gasteiger partial charge in [0.05, 0.1) is 5.25 Å². The van der Waals surface area contributed by atoms with Crippen molar-refractivity contribution in [2.45, 2.75) is 11.7 Å². The number of rotatable bonds is 3. The Morgan fingerprint density at radius 3 is 3.07 bits per heavy atom. The highest BCUT2D eigenvalue weighted by Gasteiger charge is 2.23. The molecular formula is C10H18N2OS2. The van der Waals surface area contributed by atoms with Crippen molar-refractivity contribution in [1.82, 2.24) is 10.6 Å². The molecule has 2 rings (SSSR count). The Morgan fingerprint density at radius 1 is 1.47 bits per heavy atom. The lowest BCUT2D eigenvalue weighted by atomic mass is 10.1. The van der Waals surface area contributed by atoms with Crippen molar-refractivity contribution in [3.05, 3.63) is 0 Å². The number of hydrogen-bond donors (Lipinski definition) is 2. The molecule has 3 nitrogen and oxygen atoms in total. The van der Waals surface area contributed by atoms with Crippen LogP contribution in [0.3, 0.4) is 0 Å². The SMILES string of the molecule is O=C(NCC1CCNC1)C1CSCCS1. The van der Waals surface area contributed by atoms with E-state index >= 15 is 0 Å². The molecule has 5 heteroatoms. The van der Waals surface area contributed by atoms with Crippen molar-refractivity contribution >= 4 is 29.4 Å². The van der Waals surface area contributed by atoms with Gasteiger partial charge in [0, 0.05) is 23.8 Å². The first kappa shape index (κ1) is 11.6. The van der Waals surface area contributed by atoms with E-state index in [1.54, 1.807) is 11.8 Å². The van der Waals surface area contributed by atoms with E-state index in [0.29, 0.717) is 5.92 Å². The first-order chi connectivity index (χ1) is 7.36. The van der Waals surface area contributed by atoms with Crippen LogP contribution >= 0.6 is 23.5 Å². The van der Waals surface area contributed by atoms with Crippen molar-refractivity contribution in [2.75, 3.05) is 36.9 Å². The number of hydrogen-bond acceptors (Lipinski definition) is 4. The van der Waals surface area contributed by atoms with Crippen LogP contribution in [0.2, 0.25) is 0 Å². The summed E-state index contributed by atoms with van der Waals surface area (Å²) in [6.45, 7) is 3.02. The smallest absolute Gasteiger partial charge is 0.233 e. The predicted molar refractivity (Wildman–Crippen MR) is 67.6 cm³/mol. The maximum absolute atomic E-state index is 11.8. The maximum Gasteiger partial charge on any atom is 0.233 e. The fourth-order valence-corrected chi connectivity index (χ4v) is 4.47. The van der Waals surface area contributed by atoms with Crippen LogP contribution < -0.4 is 10.6 Å². The van der Waals surface area contributed by atoms with Crippen LogP contribution in [-0.4, -0.2) is 48.0 Å². The quantitative estimate of drug-likeness (QED) is 0.763. The van der Waals surface area contributed by atoms with Gasteiger partial charge in [-0.2, -0.15) is 11.8 Å². The van der Waals surface area contributed by atoms with Crippen molar-refractivity contribution in [2.24, 2.45) is 5.92 Å². The largest absolute Gasteiger partial charge is 0.355 e. The van der Waals surface area contributed by atoms with Crippen molar-refractivity contribution in [3.63, 3.8) is 0 Å². The summed E-state index contributed by atoms with van der Waals surface area (Å²) in [4.78, 5) is 11.8. The lowest BCUT2D eigenvalue weighted by Crippen LogP contribution is -2.38. The molecule has 2 atom stereocenters. The molecule has 0 aromatic rings. The molecule has 0 radical (unpaired) electrons. The summed E-state index contributed by atoms with van der Waals surface area (Å²) in [7, 11) is 0. The highest BCUT2D eigenvalue weighted by molar-refractivity contribution is 8.07. The van der Waals surface area contributed by atoms with Gasteiger partial charge >= 0.3 is 0 Å². The zero-order valence-corrected chi connectivity index (χ0v) is 10.5. The minimum Gasteiger partial charge on any atom is -0.355 e. The van der Waals surface area contributed by atoms with E-state index in [1.165, 1.54) is 12.2 Å². The Labute approximate surface area is 99.5 Å². The second-order valence-corrected chi connectivity index (χ2v) is 6.50. The molecule has 2 aliphatic heterocycles. The predicted octanol–water partition coefficient (Wildman–Crippen LogP) is 0.561. The highest BCUT2D eigenvalue weighted by atomic mass is 32.2. The van der Waals surface area contributed by atoms with Crippen LogP contribution in [0.25, 0.3) is 0 Å². The summed E-state index contributed by atoms with van der Waals surface area (Å²) in [5, 5.41) is 6.59. The summed E-state index contributed by atoms with van der Waals surface area (Å²) >= 11 is 3.70. The van der Waals surface area contributed by atoms with Crippen molar-refractivity contribution in [1.29, 1.82) is 0 Å². The molecule has 1 amide bonds. The molecular weight excluding hydrogens is 228 g/mol. The van der Waals surface area contributed by atoms with E-state index in [-0.39, 0.29) is 11.2 Å². The van der Waals surface area contributed by atoms with Crippen LogP contribution in [0.15, 0.2) is 0 Å². The molecule has 0 aromatic heterocycles. The number of amides is 1. The van der Waals surface area contributed by atoms with Crippen LogP contribution in [0.5, 0.6) is 0 Å². The van der Waals surface area contributed by atoms with Crippen LogP contribution in [0.4, 0.5) is 0 Å². The molecule has 2 fully saturated rings. The van der Waals surface area contributed by atoms with Gasteiger partial charge in [-0.3, -0.25) is 4.79 Å². The Hall–Kier alpha value is 0.130. The molecule has 2 unspecified atom stereocenters. The topological polar surface area (TPSA) is 41.1 Å². The van der Waals surface area contributed by atoms with E-state index in [0.717, 1.165) is 31.1 Å². The van der Waals surface area contributed by atoms with Gasteiger partial charge in [-0.15, -0.1) is 11.8 Å². The van der Waals surface area contributed by atoms with Gasteiger partial charge < -0.3 is 10.6 Å².